The zero-order chi connectivity index (χ0) is 7.84. The van der Waals surface area contributed by atoms with E-state index in [1.54, 1.807) is 0 Å². The summed E-state index contributed by atoms with van der Waals surface area (Å²) in [5.74, 6) is 0.766. The molecule has 1 fully saturated rings. The van der Waals surface area contributed by atoms with E-state index in [-0.39, 0.29) is 12.4 Å². The number of hydrogen-bond acceptors (Lipinski definition) is 1. The minimum Gasteiger partial charge on any atom is -0.260 e. The van der Waals surface area contributed by atoms with Crippen molar-refractivity contribution in [2.45, 2.75) is 25.7 Å². The van der Waals surface area contributed by atoms with Gasteiger partial charge in [-0.1, -0.05) is 0 Å². The Morgan fingerprint density at radius 1 is 1.50 bits per heavy atom. The van der Waals surface area contributed by atoms with Crippen molar-refractivity contribution in [3.63, 3.8) is 0 Å². The summed E-state index contributed by atoms with van der Waals surface area (Å²) in [7, 11) is 0. The molecule has 2 rings (SSSR count). The highest BCUT2D eigenvalue weighted by Gasteiger charge is 2.24. The van der Waals surface area contributed by atoms with Crippen LogP contribution in [0.4, 0.5) is 0 Å². The molecule has 1 heterocycles. The van der Waals surface area contributed by atoms with E-state index in [9.17, 15) is 0 Å². The lowest BCUT2D eigenvalue weighted by Crippen LogP contribution is -1.87. The van der Waals surface area contributed by atoms with Gasteiger partial charge in [0.25, 0.3) is 0 Å². The SMILES string of the molecule is Cc1cc(C2CC2)ncc1Br.Cl. The summed E-state index contributed by atoms with van der Waals surface area (Å²) in [6.45, 7) is 2.11. The molecule has 66 valence electrons. The maximum Gasteiger partial charge on any atom is 0.0438 e. The van der Waals surface area contributed by atoms with Crippen molar-refractivity contribution in [2.24, 2.45) is 0 Å². The van der Waals surface area contributed by atoms with Crippen LogP contribution in [0.3, 0.4) is 0 Å². The van der Waals surface area contributed by atoms with Crippen LogP contribution in [-0.4, -0.2) is 4.98 Å². The molecule has 0 aliphatic heterocycles. The molecule has 1 aromatic rings. The topological polar surface area (TPSA) is 12.9 Å². The van der Waals surface area contributed by atoms with Crippen molar-refractivity contribution in [2.75, 3.05) is 0 Å². The molecule has 1 nitrogen and oxygen atoms in total. The molecule has 0 bridgehead atoms. The van der Waals surface area contributed by atoms with Crippen LogP contribution in [-0.2, 0) is 0 Å². The van der Waals surface area contributed by atoms with Gasteiger partial charge < -0.3 is 0 Å². The van der Waals surface area contributed by atoms with Gasteiger partial charge in [0.1, 0.15) is 0 Å². The quantitative estimate of drug-likeness (QED) is 0.742. The number of pyridine rings is 1. The Bertz CT molecular complexity index is 284. The van der Waals surface area contributed by atoms with E-state index in [4.69, 9.17) is 0 Å². The lowest BCUT2D eigenvalue weighted by Gasteiger charge is -2.00. The Morgan fingerprint density at radius 3 is 2.67 bits per heavy atom. The second-order valence-electron chi connectivity index (χ2n) is 3.13. The van der Waals surface area contributed by atoms with Gasteiger partial charge in [0, 0.05) is 22.3 Å². The first-order valence-electron chi connectivity index (χ1n) is 3.89. The highest BCUT2D eigenvalue weighted by atomic mass is 79.9. The number of rotatable bonds is 1. The van der Waals surface area contributed by atoms with Crippen LogP contribution < -0.4 is 0 Å². The average molecular weight is 249 g/mol. The summed E-state index contributed by atoms with van der Waals surface area (Å²) in [5, 5.41) is 0. The summed E-state index contributed by atoms with van der Waals surface area (Å²) in [6, 6.07) is 2.18. The fourth-order valence-electron chi connectivity index (χ4n) is 1.16. The maximum atomic E-state index is 4.35. The van der Waals surface area contributed by atoms with Crippen LogP contribution in [0, 0.1) is 6.92 Å². The summed E-state index contributed by atoms with van der Waals surface area (Å²) in [4.78, 5) is 4.35. The first kappa shape index (κ1) is 10.0. The Balaban J connectivity index is 0.000000720. The molecule has 0 radical (unpaired) electrons. The number of aryl methyl sites for hydroxylation is 1. The zero-order valence-corrected chi connectivity index (χ0v) is 9.28. The lowest BCUT2D eigenvalue weighted by molar-refractivity contribution is 1.01. The normalized spacial score (nSPS) is 15.5. The largest absolute Gasteiger partial charge is 0.260 e. The van der Waals surface area contributed by atoms with Crippen LogP contribution in [0.15, 0.2) is 16.7 Å². The van der Waals surface area contributed by atoms with Crippen molar-refractivity contribution in [3.8, 4) is 0 Å². The van der Waals surface area contributed by atoms with E-state index in [2.05, 4.69) is 33.9 Å². The number of nitrogens with zero attached hydrogens (tertiary/aromatic N) is 1. The molecule has 1 aromatic heterocycles. The van der Waals surface area contributed by atoms with Gasteiger partial charge >= 0.3 is 0 Å². The molecule has 1 aliphatic rings. The van der Waals surface area contributed by atoms with Gasteiger partial charge in [-0.05, 0) is 47.3 Å². The third-order valence-corrected chi connectivity index (χ3v) is 2.89. The van der Waals surface area contributed by atoms with Crippen LogP contribution >= 0.6 is 28.3 Å². The van der Waals surface area contributed by atoms with Crippen molar-refractivity contribution in [3.05, 3.63) is 28.0 Å². The molecule has 0 saturated heterocycles. The minimum atomic E-state index is 0. The predicted octanol–water partition coefficient (Wildman–Crippen LogP) is 3.45. The predicted molar refractivity (Wildman–Crippen MR) is 55.9 cm³/mol. The zero-order valence-electron chi connectivity index (χ0n) is 6.88. The Kier molecular flexibility index (Phi) is 3.13. The van der Waals surface area contributed by atoms with E-state index in [1.807, 2.05) is 6.20 Å². The molecule has 1 aliphatic carbocycles. The molecule has 0 aromatic carbocycles. The fourth-order valence-corrected chi connectivity index (χ4v) is 1.38. The first-order valence-corrected chi connectivity index (χ1v) is 4.68. The smallest absolute Gasteiger partial charge is 0.0438 e. The summed E-state index contributed by atoms with van der Waals surface area (Å²) >= 11 is 3.44. The summed E-state index contributed by atoms with van der Waals surface area (Å²) < 4.78 is 1.11. The molecule has 0 amide bonds. The molecule has 12 heavy (non-hydrogen) atoms. The van der Waals surface area contributed by atoms with Gasteiger partial charge in [0.2, 0.25) is 0 Å². The molecule has 0 atom stereocenters. The lowest BCUT2D eigenvalue weighted by atomic mass is 10.2. The van der Waals surface area contributed by atoms with Gasteiger partial charge in [-0.3, -0.25) is 4.98 Å². The van der Waals surface area contributed by atoms with Crippen molar-refractivity contribution in [1.29, 1.82) is 0 Å². The highest BCUT2D eigenvalue weighted by molar-refractivity contribution is 9.10. The summed E-state index contributed by atoms with van der Waals surface area (Å²) in [5.41, 5.74) is 2.56. The van der Waals surface area contributed by atoms with Gasteiger partial charge in [-0.25, -0.2) is 0 Å². The van der Waals surface area contributed by atoms with Crippen LogP contribution in [0.1, 0.15) is 30.0 Å². The Labute approximate surface area is 87.1 Å². The third-order valence-electron chi connectivity index (χ3n) is 2.06. The molecule has 1 saturated carbocycles. The molecule has 0 N–H and O–H groups in total. The Hall–Kier alpha value is -0.0800. The first-order chi connectivity index (χ1) is 5.27. The van der Waals surface area contributed by atoms with Crippen molar-refractivity contribution >= 4 is 28.3 Å². The number of halogens is 2. The van der Waals surface area contributed by atoms with Crippen molar-refractivity contribution in [1.82, 2.24) is 4.98 Å². The molecule has 0 unspecified atom stereocenters. The molecular weight excluding hydrogens is 237 g/mol. The van der Waals surface area contributed by atoms with E-state index in [0.29, 0.717) is 0 Å². The van der Waals surface area contributed by atoms with Crippen molar-refractivity contribution < 1.29 is 0 Å². The summed E-state index contributed by atoms with van der Waals surface area (Å²) in [6.07, 6.45) is 4.56. The number of aromatic nitrogens is 1. The van der Waals surface area contributed by atoms with E-state index < -0.39 is 0 Å². The fraction of sp³-hybridized carbons (Fsp3) is 0.444. The van der Waals surface area contributed by atoms with Crippen LogP contribution in [0.25, 0.3) is 0 Å². The third kappa shape index (κ3) is 1.99. The van der Waals surface area contributed by atoms with Gasteiger partial charge in [0.15, 0.2) is 0 Å². The van der Waals surface area contributed by atoms with Crippen LogP contribution in [0.2, 0.25) is 0 Å². The van der Waals surface area contributed by atoms with Crippen LogP contribution in [0.5, 0.6) is 0 Å². The Morgan fingerprint density at radius 2 is 2.17 bits per heavy atom. The minimum absolute atomic E-state index is 0. The standard InChI is InChI=1S/C9H10BrN.ClH/c1-6-4-9(7-2-3-7)11-5-8(6)10;/h4-5,7H,2-3H2,1H3;1H. The maximum absolute atomic E-state index is 4.35. The highest BCUT2D eigenvalue weighted by Crippen LogP contribution is 2.39. The second kappa shape index (κ2) is 3.75. The van der Waals surface area contributed by atoms with Gasteiger partial charge in [-0.2, -0.15) is 0 Å². The van der Waals surface area contributed by atoms with E-state index >= 15 is 0 Å². The second-order valence-corrected chi connectivity index (χ2v) is 3.99. The monoisotopic (exact) mass is 247 g/mol. The van der Waals surface area contributed by atoms with Gasteiger partial charge in [0.05, 0.1) is 0 Å². The van der Waals surface area contributed by atoms with Gasteiger partial charge in [-0.15, -0.1) is 12.4 Å². The molecule has 3 heteroatoms. The molecular formula is C9H11BrClN. The van der Waals surface area contributed by atoms with E-state index in [1.165, 1.54) is 24.1 Å². The molecule has 0 spiro atoms. The van der Waals surface area contributed by atoms with E-state index in [0.717, 1.165) is 10.4 Å². The average Bonchev–Trinajstić information content (AvgIpc) is 2.77. The number of hydrogen-bond donors (Lipinski definition) is 0.